The van der Waals surface area contributed by atoms with Gasteiger partial charge in [-0.2, -0.15) is 13.9 Å². The summed E-state index contributed by atoms with van der Waals surface area (Å²) in [4.78, 5) is 0. The molecule has 1 aromatic heterocycles. The topological polar surface area (TPSA) is 39.1 Å². The third kappa shape index (κ3) is 4.26. The van der Waals surface area contributed by atoms with Crippen molar-refractivity contribution in [3.05, 3.63) is 47.8 Å². The molecule has 0 aliphatic heterocycles. The van der Waals surface area contributed by atoms with Gasteiger partial charge in [-0.1, -0.05) is 18.2 Å². The number of nitrogens with zero attached hydrogens (tertiary/aromatic N) is 2. The van der Waals surface area contributed by atoms with Crippen molar-refractivity contribution in [3.8, 4) is 5.75 Å². The maximum absolute atomic E-state index is 12.5. The normalized spacial score (nSPS) is 12.6. The van der Waals surface area contributed by atoms with Crippen LogP contribution in [0.3, 0.4) is 0 Å². The van der Waals surface area contributed by atoms with Gasteiger partial charge in [-0.3, -0.25) is 4.68 Å². The van der Waals surface area contributed by atoms with Crippen LogP contribution >= 0.6 is 0 Å². The summed E-state index contributed by atoms with van der Waals surface area (Å²) >= 11 is 0. The molecule has 0 aliphatic rings. The number of ether oxygens (including phenoxy) is 1. The molecular weight excluding hydrogens is 276 g/mol. The Morgan fingerprint density at radius 3 is 2.71 bits per heavy atom. The van der Waals surface area contributed by atoms with E-state index in [0.29, 0.717) is 0 Å². The molecule has 0 fully saturated rings. The Balaban J connectivity index is 2.09. The van der Waals surface area contributed by atoms with E-state index in [9.17, 15) is 8.78 Å². The smallest absolute Gasteiger partial charge is 0.387 e. The minimum Gasteiger partial charge on any atom is -0.434 e. The molecule has 114 valence electrons. The maximum atomic E-state index is 12.5. The fraction of sp³-hybridized carbons (Fsp3) is 0.400. The third-order valence-electron chi connectivity index (χ3n) is 3.34. The summed E-state index contributed by atoms with van der Waals surface area (Å²) in [6.45, 7) is -2.82. The molecule has 1 atom stereocenters. The number of hydrogen-bond acceptors (Lipinski definition) is 3. The summed E-state index contributed by atoms with van der Waals surface area (Å²) in [6.07, 6.45) is 5.34. The molecular formula is C15H19F2N3O. The standard InChI is InChI=1S/C15H19F2N3O/c1-18-13(8-7-11-9-19-20(2)10-11)12-5-3-4-6-14(12)21-15(16)17/h3-6,9-10,13,15,18H,7-8H2,1-2H3. The molecule has 1 N–H and O–H groups in total. The zero-order valence-corrected chi connectivity index (χ0v) is 12.1. The third-order valence-corrected chi connectivity index (χ3v) is 3.34. The van der Waals surface area contributed by atoms with E-state index in [1.165, 1.54) is 0 Å². The van der Waals surface area contributed by atoms with Gasteiger partial charge in [-0.05, 0) is 31.5 Å². The molecule has 1 aromatic carbocycles. The van der Waals surface area contributed by atoms with Gasteiger partial charge in [0.2, 0.25) is 0 Å². The van der Waals surface area contributed by atoms with Crippen LogP contribution in [0.25, 0.3) is 0 Å². The van der Waals surface area contributed by atoms with Crippen LogP contribution < -0.4 is 10.1 Å². The van der Waals surface area contributed by atoms with E-state index in [-0.39, 0.29) is 11.8 Å². The lowest BCUT2D eigenvalue weighted by molar-refractivity contribution is -0.0507. The van der Waals surface area contributed by atoms with Gasteiger partial charge in [0.1, 0.15) is 5.75 Å². The summed E-state index contributed by atoms with van der Waals surface area (Å²) < 4.78 is 31.3. The highest BCUT2D eigenvalue weighted by Gasteiger charge is 2.17. The lowest BCUT2D eigenvalue weighted by Gasteiger charge is -2.19. The molecule has 0 saturated heterocycles. The molecule has 0 aliphatic carbocycles. The van der Waals surface area contributed by atoms with E-state index in [0.717, 1.165) is 24.0 Å². The van der Waals surface area contributed by atoms with E-state index in [1.807, 2.05) is 38.6 Å². The van der Waals surface area contributed by atoms with Crippen molar-refractivity contribution >= 4 is 0 Å². The Hall–Kier alpha value is -1.95. The van der Waals surface area contributed by atoms with Crippen LogP contribution in [0.2, 0.25) is 0 Å². The second-order valence-corrected chi connectivity index (χ2v) is 4.82. The first kappa shape index (κ1) is 15.4. The van der Waals surface area contributed by atoms with Crippen LogP contribution in [0.1, 0.15) is 23.6 Å². The van der Waals surface area contributed by atoms with Crippen LogP contribution in [0.5, 0.6) is 5.75 Å². The summed E-state index contributed by atoms with van der Waals surface area (Å²) in [5.74, 6) is 0.220. The van der Waals surface area contributed by atoms with Crippen molar-refractivity contribution in [2.75, 3.05) is 7.05 Å². The highest BCUT2D eigenvalue weighted by molar-refractivity contribution is 5.36. The monoisotopic (exact) mass is 295 g/mol. The molecule has 0 amide bonds. The van der Waals surface area contributed by atoms with E-state index in [4.69, 9.17) is 0 Å². The number of aryl methyl sites for hydroxylation is 2. The number of alkyl halides is 2. The van der Waals surface area contributed by atoms with Crippen molar-refractivity contribution in [2.45, 2.75) is 25.5 Å². The number of rotatable bonds is 7. The van der Waals surface area contributed by atoms with E-state index < -0.39 is 6.61 Å². The molecule has 0 spiro atoms. The lowest BCUT2D eigenvalue weighted by atomic mass is 9.99. The minimum atomic E-state index is -2.82. The number of halogens is 2. The first-order valence-corrected chi connectivity index (χ1v) is 6.78. The zero-order chi connectivity index (χ0) is 15.2. The highest BCUT2D eigenvalue weighted by atomic mass is 19.3. The second kappa shape index (κ2) is 7.17. The molecule has 1 unspecified atom stereocenters. The van der Waals surface area contributed by atoms with Gasteiger partial charge in [0.05, 0.1) is 6.20 Å². The highest BCUT2D eigenvalue weighted by Crippen LogP contribution is 2.29. The van der Waals surface area contributed by atoms with Crippen molar-refractivity contribution in [3.63, 3.8) is 0 Å². The maximum Gasteiger partial charge on any atom is 0.387 e. The average molecular weight is 295 g/mol. The average Bonchev–Trinajstić information content (AvgIpc) is 2.86. The van der Waals surface area contributed by atoms with Crippen LogP contribution in [-0.4, -0.2) is 23.4 Å². The summed E-state index contributed by atoms with van der Waals surface area (Å²) in [5.41, 5.74) is 1.86. The number of nitrogens with one attached hydrogen (secondary N) is 1. The first-order valence-electron chi connectivity index (χ1n) is 6.78. The Morgan fingerprint density at radius 2 is 2.10 bits per heavy atom. The lowest BCUT2D eigenvalue weighted by Crippen LogP contribution is -2.18. The van der Waals surface area contributed by atoms with Gasteiger partial charge < -0.3 is 10.1 Å². The number of benzene rings is 1. The Kier molecular flexibility index (Phi) is 5.27. The molecule has 21 heavy (non-hydrogen) atoms. The van der Waals surface area contributed by atoms with Crippen LogP contribution in [0.4, 0.5) is 8.78 Å². The molecule has 2 aromatic rings. The van der Waals surface area contributed by atoms with Gasteiger partial charge in [0.25, 0.3) is 0 Å². The molecule has 0 bridgehead atoms. The Bertz CT molecular complexity index is 572. The van der Waals surface area contributed by atoms with Crippen LogP contribution in [0, 0.1) is 0 Å². The zero-order valence-electron chi connectivity index (χ0n) is 12.1. The first-order chi connectivity index (χ1) is 10.1. The number of para-hydroxylation sites is 1. The fourth-order valence-corrected chi connectivity index (χ4v) is 2.34. The minimum absolute atomic E-state index is 0.0554. The summed E-state index contributed by atoms with van der Waals surface area (Å²) in [7, 11) is 3.68. The van der Waals surface area contributed by atoms with E-state index in [1.54, 1.807) is 16.8 Å². The molecule has 0 radical (unpaired) electrons. The summed E-state index contributed by atoms with van der Waals surface area (Å²) in [6, 6.07) is 6.83. The Labute approximate surface area is 122 Å². The fourth-order valence-electron chi connectivity index (χ4n) is 2.34. The van der Waals surface area contributed by atoms with Crippen LogP contribution in [-0.2, 0) is 13.5 Å². The van der Waals surface area contributed by atoms with Gasteiger partial charge in [0.15, 0.2) is 0 Å². The van der Waals surface area contributed by atoms with Gasteiger partial charge >= 0.3 is 6.61 Å². The molecule has 4 nitrogen and oxygen atoms in total. The molecule has 2 rings (SSSR count). The summed E-state index contributed by atoms with van der Waals surface area (Å²) in [5, 5.41) is 7.28. The van der Waals surface area contributed by atoms with E-state index >= 15 is 0 Å². The van der Waals surface area contributed by atoms with Gasteiger partial charge in [-0.15, -0.1) is 0 Å². The largest absolute Gasteiger partial charge is 0.434 e. The predicted molar refractivity (Wildman–Crippen MR) is 76.4 cm³/mol. The van der Waals surface area contributed by atoms with Gasteiger partial charge in [-0.25, -0.2) is 0 Å². The van der Waals surface area contributed by atoms with Gasteiger partial charge in [0, 0.05) is 24.8 Å². The molecule has 0 saturated carbocycles. The van der Waals surface area contributed by atoms with E-state index in [2.05, 4.69) is 15.2 Å². The van der Waals surface area contributed by atoms with Crippen LogP contribution in [0.15, 0.2) is 36.7 Å². The van der Waals surface area contributed by atoms with Crippen molar-refractivity contribution in [1.29, 1.82) is 0 Å². The van der Waals surface area contributed by atoms with Crippen molar-refractivity contribution in [1.82, 2.24) is 15.1 Å². The SMILES string of the molecule is CNC(CCc1cnn(C)c1)c1ccccc1OC(F)F. The predicted octanol–water partition coefficient (Wildman–Crippen LogP) is 2.91. The number of hydrogen-bond donors (Lipinski definition) is 1. The second-order valence-electron chi connectivity index (χ2n) is 4.82. The Morgan fingerprint density at radius 1 is 1.33 bits per heavy atom. The quantitative estimate of drug-likeness (QED) is 0.853. The van der Waals surface area contributed by atoms with Crippen molar-refractivity contribution < 1.29 is 13.5 Å². The molecule has 1 heterocycles. The number of aromatic nitrogens is 2. The van der Waals surface area contributed by atoms with Crippen molar-refractivity contribution in [2.24, 2.45) is 7.05 Å². The molecule has 6 heteroatoms.